The summed E-state index contributed by atoms with van der Waals surface area (Å²) in [6.45, 7) is 15.4. The zero-order valence-electron chi connectivity index (χ0n) is 40.2. The fourth-order valence-electron chi connectivity index (χ4n) is 12.0. The molecule has 0 saturated carbocycles. The Morgan fingerprint density at radius 1 is 0.672 bits per heavy atom. The predicted molar refractivity (Wildman–Crippen MR) is 254 cm³/mol. The Morgan fingerprint density at radius 2 is 1.21 bits per heavy atom. The Labute approximate surface area is 393 Å². The number of amides is 3. The number of likely N-dealkylation sites (tertiary alicyclic amines) is 2. The maximum Gasteiger partial charge on any atom is 0.246 e. The number of hydrogen-bond donors (Lipinski definition) is 3. The van der Waals surface area contributed by atoms with E-state index in [1.807, 2.05) is 60.6 Å². The lowest BCUT2D eigenvalue weighted by Crippen LogP contribution is -2.55. The Kier molecular flexibility index (Phi) is 13.3. The van der Waals surface area contributed by atoms with Gasteiger partial charge in [-0.05, 0) is 129 Å². The third kappa shape index (κ3) is 9.46. The van der Waals surface area contributed by atoms with Gasteiger partial charge in [-0.1, -0.05) is 24.3 Å². The van der Waals surface area contributed by atoms with Gasteiger partial charge in [0, 0.05) is 43.1 Å². The molecule has 15 heteroatoms. The number of aromatic nitrogens is 6. The minimum atomic E-state index is -0.624. The van der Waals surface area contributed by atoms with Crippen molar-refractivity contribution in [1.82, 2.24) is 44.4 Å². The van der Waals surface area contributed by atoms with Crippen LogP contribution in [0.1, 0.15) is 137 Å². The number of ether oxygens (including phenoxy) is 2. The Morgan fingerprint density at radius 3 is 1.79 bits per heavy atom. The van der Waals surface area contributed by atoms with Crippen molar-refractivity contribution in [3.8, 4) is 33.9 Å². The second-order valence-electron chi connectivity index (χ2n) is 20.2. The van der Waals surface area contributed by atoms with Crippen LogP contribution >= 0.6 is 0 Å². The summed E-state index contributed by atoms with van der Waals surface area (Å²) >= 11 is 0. The molecule has 9 rings (SSSR count). The van der Waals surface area contributed by atoms with E-state index in [4.69, 9.17) is 24.4 Å². The van der Waals surface area contributed by atoms with Gasteiger partial charge >= 0.3 is 0 Å². The smallest absolute Gasteiger partial charge is 0.246 e. The molecule has 1 aromatic carbocycles. The van der Waals surface area contributed by atoms with Crippen molar-refractivity contribution >= 4 is 29.0 Å². The van der Waals surface area contributed by atoms with E-state index in [1.54, 1.807) is 6.92 Å². The zero-order chi connectivity index (χ0) is 47.3. The van der Waals surface area contributed by atoms with Crippen LogP contribution in [-0.2, 0) is 28.7 Å². The van der Waals surface area contributed by atoms with Crippen LogP contribution in [0.4, 0.5) is 0 Å². The number of Topliss-reactive ketones (excluding diaryl/α,β-unsaturated/α-hetero) is 1. The first kappa shape index (κ1) is 46.4. The van der Waals surface area contributed by atoms with Gasteiger partial charge < -0.3 is 43.8 Å². The Bertz CT molecular complexity index is 2580. The number of hydrogen-bond acceptors (Lipinski definition) is 9. The van der Waals surface area contributed by atoms with Crippen molar-refractivity contribution in [3.63, 3.8) is 0 Å². The molecular weight excluding hydrogens is 847 g/mol. The average Bonchev–Trinajstić information content (AvgIpc) is 4.14. The van der Waals surface area contributed by atoms with Gasteiger partial charge in [0.1, 0.15) is 29.2 Å². The van der Waals surface area contributed by atoms with Gasteiger partial charge in [0.25, 0.3) is 0 Å². The first-order chi connectivity index (χ1) is 32.1. The molecule has 15 nitrogen and oxygen atoms in total. The summed E-state index contributed by atoms with van der Waals surface area (Å²) in [6.07, 6.45) is 14.1. The second kappa shape index (κ2) is 19.1. The highest BCUT2D eigenvalue weighted by molar-refractivity contribution is 5.88. The number of fused-ring (bicyclic) bond motifs is 1. The van der Waals surface area contributed by atoms with Crippen LogP contribution in [0.2, 0.25) is 0 Å². The molecule has 4 aliphatic rings. The molecule has 0 spiro atoms. The number of H-pyrrole nitrogens is 2. The van der Waals surface area contributed by atoms with E-state index in [0.29, 0.717) is 12.8 Å². The van der Waals surface area contributed by atoms with E-state index in [1.165, 1.54) is 6.92 Å². The monoisotopic (exact) mass is 914 g/mol. The van der Waals surface area contributed by atoms with E-state index >= 15 is 0 Å². The summed E-state index contributed by atoms with van der Waals surface area (Å²) < 4.78 is 14.1. The van der Waals surface area contributed by atoms with Crippen LogP contribution in [0.5, 0.6) is 0 Å². The van der Waals surface area contributed by atoms with Crippen molar-refractivity contribution in [3.05, 3.63) is 72.8 Å². The molecule has 4 aliphatic heterocycles. The number of nitrogens with one attached hydrogen (secondary N) is 3. The molecule has 12 atom stereocenters. The van der Waals surface area contributed by atoms with Crippen LogP contribution in [0.25, 0.3) is 39.4 Å². The summed E-state index contributed by atoms with van der Waals surface area (Å²) in [7, 11) is 0. The summed E-state index contributed by atoms with van der Waals surface area (Å²) in [5, 5.41) is 3.02. The SMILES string of the molecule is CC(=O)C[C@H](C(=O)N1[C@@H](C)CC[C@H]1c1ncc(-c2ncc(-c3ccc(-c4cnc([C@@H]5CC[C@H](C)N5C(=O)[C@@H](NC(C)=O)C5C[C@@H](C)O[C@@H](C)C5)[nH]4)cc3)n3cccc23)[nH]1)C1C[C@@H](C)O[C@@H](C)C1. The van der Waals surface area contributed by atoms with Gasteiger partial charge in [-0.25, -0.2) is 9.97 Å². The lowest BCUT2D eigenvalue weighted by atomic mass is 9.78. The molecule has 2 unspecified atom stereocenters. The minimum Gasteiger partial charge on any atom is -0.376 e. The molecule has 67 heavy (non-hydrogen) atoms. The molecule has 8 heterocycles. The Hall–Kier alpha value is -5.67. The standard InChI is InChI=1S/C52H67N9O6/c1-28-11-17-44(60(28)51(64)40(20-30(3)62)38-21-31(4)66-32(5)22-38)50-55-26-42(58-50)48-43-10-9-19-59(43)46(27-53-48)37-15-13-36(14-16-37)41-25-54-49(57-41)45-18-12-29(2)61(45)52(65)47(56-35(8)63)39-23-33(6)67-34(7)24-39/h9-10,13-16,19,25-29,31-34,38-40,44-45,47H,11-12,17-18,20-24H2,1-8H3,(H,54,57)(H,55,58)(H,56,63)/t28-,29-,31-,32+,33-,34+,38?,39?,40-,44-,45-,47-/m0/s1. The summed E-state index contributed by atoms with van der Waals surface area (Å²) in [5.74, 6) is 0.941. The third-order valence-corrected chi connectivity index (χ3v) is 14.9. The molecule has 3 N–H and O–H groups in total. The van der Waals surface area contributed by atoms with Gasteiger partial charge in [0.2, 0.25) is 17.7 Å². The topological polar surface area (TPSA) is 180 Å². The number of nitrogens with zero attached hydrogens (tertiary/aromatic N) is 6. The van der Waals surface area contributed by atoms with E-state index in [9.17, 15) is 19.2 Å². The molecule has 3 amide bonds. The molecule has 0 aliphatic carbocycles. The number of rotatable bonds is 12. The highest BCUT2D eigenvalue weighted by Gasteiger charge is 2.45. The van der Waals surface area contributed by atoms with Crippen molar-refractivity contribution in [2.45, 2.75) is 168 Å². The molecule has 356 valence electrons. The van der Waals surface area contributed by atoms with Gasteiger partial charge in [-0.2, -0.15) is 0 Å². The normalized spacial score (nSPS) is 28.7. The van der Waals surface area contributed by atoms with Crippen LogP contribution < -0.4 is 5.32 Å². The van der Waals surface area contributed by atoms with E-state index < -0.39 is 6.04 Å². The highest BCUT2D eigenvalue weighted by atomic mass is 16.5. The minimum absolute atomic E-state index is 0.00213. The van der Waals surface area contributed by atoms with Crippen molar-refractivity contribution < 1.29 is 28.7 Å². The first-order valence-electron chi connectivity index (χ1n) is 24.5. The van der Waals surface area contributed by atoms with Crippen LogP contribution in [0.15, 0.2) is 61.2 Å². The molecule has 5 aromatic rings. The molecule has 0 radical (unpaired) electrons. The van der Waals surface area contributed by atoms with E-state index in [2.05, 4.69) is 71.6 Å². The summed E-state index contributed by atoms with van der Waals surface area (Å²) in [4.78, 5) is 79.6. The molecule has 0 bridgehead atoms. The van der Waals surface area contributed by atoms with Crippen molar-refractivity contribution in [1.29, 1.82) is 0 Å². The van der Waals surface area contributed by atoms with E-state index in [0.717, 1.165) is 89.6 Å². The van der Waals surface area contributed by atoms with Crippen molar-refractivity contribution in [2.24, 2.45) is 17.8 Å². The number of benzene rings is 1. The number of ketones is 1. The molecule has 4 saturated heterocycles. The third-order valence-electron chi connectivity index (χ3n) is 14.9. The van der Waals surface area contributed by atoms with Gasteiger partial charge in [0.05, 0.1) is 77.7 Å². The van der Waals surface area contributed by atoms with Gasteiger partial charge in [-0.3, -0.25) is 19.4 Å². The summed E-state index contributed by atoms with van der Waals surface area (Å²) in [6, 6.07) is 11.3. The Balaban J connectivity index is 0.916. The maximum absolute atomic E-state index is 14.5. The van der Waals surface area contributed by atoms with Crippen LogP contribution in [0, 0.1) is 17.8 Å². The quantitative estimate of drug-likeness (QED) is 0.111. The lowest BCUT2D eigenvalue weighted by molar-refractivity contribution is -0.146. The fourth-order valence-corrected chi connectivity index (χ4v) is 12.0. The van der Waals surface area contributed by atoms with Crippen LogP contribution in [-0.4, -0.2) is 105 Å². The van der Waals surface area contributed by atoms with E-state index in [-0.39, 0.29) is 96.3 Å². The van der Waals surface area contributed by atoms with Crippen molar-refractivity contribution in [2.75, 3.05) is 0 Å². The molecule has 4 fully saturated rings. The number of imidazole rings is 2. The first-order valence-corrected chi connectivity index (χ1v) is 24.5. The highest BCUT2D eigenvalue weighted by Crippen LogP contribution is 2.42. The number of carbonyl (C=O) groups excluding carboxylic acids is 4. The lowest BCUT2D eigenvalue weighted by Gasteiger charge is -2.39. The zero-order valence-corrected chi connectivity index (χ0v) is 40.2. The summed E-state index contributed by atoms with van der Waals surface area (Å²) in [5.41, 5.74) is 6.16. The number of carbonyl (C=O) groups is 4. The molecule has 4 aromatic heterocycles. The average molecular weight is 914 g/mol. The predicted octanol–water partition coefficient (Wildman–Crippen LogP) is 8.39. The largest absolute Gasteiger partial charge is 0.376 e. The van der Waals surface area contributed by atoms with Gasteiger partial charge in [0.15, 0.2) is 0 Å². The maximum atomic E-state index is 14.5. The van der Waals surface area contributed by atoms with Gasteiger partial charge in [-0.15, -0.1) is 0 Å². The van der Waals surface area contributed by atoms with Crippen LogP contribution in [0.3, 0.4) is 0 Å². The number of aromatic amines is 2. The fraction of sp³-hybridized carbons (Fsp3) is 0.558. The molecular formula is C52H67N9O6. The second-order valence-corrected chi connectivity index (χ2v) is 20.2.